The Balaban J connectivity index is 1.61. The summed E-state index contributed by atoms with van der Waals surface area (Å²) in [6.45, 7) is 1.91. The fourth-order valence-corrected chi connectivity index (χ4v) is 1.97. The molecule has 0 aliphatic carbocycles. The van der Waals surface area contributed by atoms with E-state index < -0.39 is 0 Å². The van der Waals surface area contributed by atoms with Crippen molar-refractivity contribution in [1.29, 1.82) is 0 Å². The van der Waals surface area contributed by atoms with Crippen LogP contribution in [0.1, 0.15) is 17.5 Å². The van der Waals surface area contributed by atoms with E-state index in [9.17, 15) is 4.79 Å². The molecule has 0 aromatic heterocycles. The summed E-state index contributed by atoms with van der Waals surface area (Å²) in [4.78, 5) is 10.5. The molecule has 3 nitrogen and oxygen atoms in total. The third-order valence-electron chi connectivity index (χ3n) is 3.03. The van der Waals surface area contributed by atoms with Crippen LogP contribution in [0.5, 0.6) is 5.75 Å². The van der Waals surface area contributed by atoms with Crippen molar-refractivity contribution >= 4 is 6.29 Å². The summed E-state index contributed by atoms with van der Waals surface area (Å²) in [6.07, 6.45) is 2.17. The van der Waals surface area contributed by atoms with Crippen molar-refractivity contribution in [3.8, 4) is 5.75 Å². The van der Waals surface area contributed by atoms with Crippen molar-refractivity contribution < 1.29 is 14.3 Å². The van der Waals surface area contributed by atoms with Gasteiger partial charge in [0.2, 0.25) is 0 Å². The van der Waals surface area contributed by atoms with Gasteiger partial charge in [0.05, 0.1) is 19.8 Å². The summed E-state index contributed by atoms with van der Waals surface area (Å²) in [5.41, 5.74) is 2.16. The molecule has 0 atom stereocenters. The minimum atomic E-state index is 0.428. The van der Waals surface area contributed by atoms with Gasteiger partial charge < -0.3 is 14.3 Å². The maximum atomic E-state index is 10.5. The summed E-state index contributed by atoms with van der Waals surface area (Å²) in [5.74, 6) is 0.803. The molecule has 2 aromatic carbocycles. The van der Waals surface area contributed by atoms with Gasteiger partial charge in [0, 0.05) is 12.8 Å². The van der Waals surface area contributed by atoms with E-state index in [4.69, 9.17) is 9.47 Å². The molecule has 0 amide bonds. The largest absolute Gasteiger partial charge is 0.493 e. The summed E-state index contributed by atoms with van der Waals surface area (Å²) in [7, 11) is 0. The first kappa shape index (κ1) is 15.3. The van der Waals surface area contributed by atoms with E-state index in [1.165, 1.54) is 5.56 Å². The first-order valence-electron chi connectivity index (χ1n) is 7.15. The Hall–Kier alpha value is -2.13. The second kappa shape index (κ2) is 8.93. The van der Waals surface area contributed by atoms with Gasteiger partial charge in [-0.2, -0.15) is 0 Å². The number of carbonyl (C=O) groups is 1. The van der Waals surface area contributed by atoms with Crippen LogP contribution in [0.25, 0.3) is 0 Å². The van der Waals surface area contributed by atoms with E-state index >= 15 is 0 Å². The molecule has 2 rings (SSSR count). The first-order valence-corrected chi connectivity index (χ1v) is 7.15. The smallest absolute Gasteiger partial charge is 0.124 e. The monoisotopic (exact) mass is 284 g/mol. The Labute approximate surface area is 125 Å². The van der Waals surface area contributed by atoms with Crippen LogP contribution in [0.2, 0.25) is 0 Å². The van der Waals surface area contributed by atoms with E-state index in [2.05, 4.69) is 12.1 Å². The highest BCUT2D eigenvalue weighted by atomic mass is 16.5. The Bertz CT molecular complexity index is 537. The molecular weight excluding hydrogens is 264 g/mol. The molecule has 0 aliphatic rings. The molecule has 2 aromatic rings. The zero-order chi connectivity index (χ0) is 14.8. The lowest BCUT2D eigenvalue weighted by Gasteiger charge is -2.08. The average Bonchev–Trinajstić information content (AvgIpc) is 2.52. The number of ether oxygens (including phenoxy) is 2. The van der Waals surface area contributed by atoms with Crippen molar-refractivity contribution in [2.45, 2.75) is 19.4 Å². The van der Waals surface area contributed by atoms with Crippen LogP contribution < -0.4 is 4.74 Å². The molecule has 0 saturated heterocycles. The zero-order valence-corrected chi connectivity index (χ0v) is 12.0. The number of rotatable bonds is 9. The summed E-state index contributed by atoms with van der Waals surface area (Å²) in [5, 5.41) is 0. The summed E-state index contributed by atoms with van der Waals surface area (Å²) in [6, 6.07) is 17.7. The molecule has 0 unspecified atom stereocenters. The molecule has 0 bridgehead atoms. The SMILES string of the molecule is O=CCc1cccc(OCCCOCc2ccccc2)c1. The van der Waals surface area contributed by atoms with E-state index in [-0.39, 0.29) is 0 Å². The predicted molar refractivity (Wildman–Crippen MR) is 82.4 cm³/mol. The van der Waals surface area contributed by atoms with Crippen molar-refractivity contribution in [2.75, 3.05) is 13.2 Å². The average molecular weight is 284 g/mol. The van der Waals surface area contributed by atoms with Crippen LogP contribution in [0.3, 0.4) is 0 Å². The van der Waals surface area contributed by atoms with Crippen LogP contribution in [-0.2, 0) is 22.6 Å². The highest BCUT2D eigenvalue weighted by Crippen LogP contribution is 2.13. The van der Waals surface area contributed by atoms with Crippen molar-refractivity contribution in [3.05, 3.63) is 65.7 Å². The predicted octanol–water partition coefficient (Wildman–Crippen LogP) is 3.41. The molecule has 0 aliphatic heterocycles. The third kappa shape index (κ3) is 5.79. The maximum Gasteiger partial charge on any atom is 0.124 e. The number of aldehydes is 1. The topological polar surface area (TPSA) is 35.5 Å². The third-order valence-corrected chi connectivity index (χ3v) is 3.03. The van der Waals surface area contributed by atoms with E-state index in [0.717, 1.165) is 24.0 Å². The lowest BCUT2D eigenvalue weighted by atomic mass is 10.1. The van der Waals surface area contributed by atoms with Gasteiger partial charge in [-0.15, -0.1) is 0 Å². The molecule has 0 spiro atoms. The second-order valence-corrected chi connectivity index (χ2v) is 4.76. The Morgan fingerprint density at radius 3 is 2.52 bits per heavy atom. The van der Waals surface area contributed by atoms with Gasteiger partial charge in [0.25, 0.3) is 0 Å². The van der Waals surface area contributed by atoms with Gasteiger partial charge in [-0.05, 0) is 23.3 Å². The molecule has 0 radical (unpaired) electrons. The van der Waals surface area contributed by atoms with Crippen molar-refractivity contribution in [3.63, 3.8) is 0 Å². The lowest BCUT2D eigenvalue weighted by molar-refractivity contribution is -0.107. The van der Waals surface area contributed by atoms with Crippen molar-refractivity contribution in [1.82, 2.24) is 0 Å². The standard InChI is InChI=1S/C18H20O3/c19-11-10-16-8-4-9-18(14-16)21-13-5-12-20-15-17-6-2-1-3-7-17/h1-4,6-9,11,14H,5,10,12-13,15H2. The maximum absolute atomic E-state index is 10.5. The lowest BCUT2D eigenvalue weighted by Crippen LogP contribution is -2.03. The fourth-order valence-electron chi connectivity index (χ4n) is 1.97. The van der Waals surface area contributed by atoms with E-state index in [1.807, 2.05) is 42.5 Å². The van der Waals surface area contributed by atoms with Crippen LogP contribution in [-0.4, -0.2) is 19.5 Å². The van der Waals surface area contributed by atoms with Gasteiger partial charge in [-0.3, -0.25) is 0 Å². The van der Waals surface area contributed by atoms with Gasteiger partial charge in [0.15, 0.2) is 0 Å². The van der Waals surface area contributed by atoms with Crippen LogP contribution >= 0.6 is 0 Å². The fraction of sp³-hybridized carbons (Fsp3) is 0.278. The number of hydrogen-bond acceptors (Lipinski definition) is 3. The van der Waals surface area contributed by atoms with Crippen molar-refractivity contribution in [2.24, 2.45) is 0 Å². The molecule has 0 fully saturated rings. The minimum Gasteiger partial charge on any atom is -0.493 e. The molecule has 0 N–H and O–H groups in total. The molecular formula is C18H20O3. The molecule has 21 heavy (non-hydrogen) atoms. The second-order valence-electron chi connectivity index (χ2n) is 4.76. The number of hydrogen-bond donors (Lipinski definition) is 0. The number of benzene rings is 2. The van der Waals surface area contributed by atoms with Gasteiger partial charge in [-0.1, -0.05) is 42.5 Å². The van der Waals surface area contributed by atoms with Gasteiger partial charge >= 0.3 is 0 Å². The Morgan fingerprint density at radius 2 is 1.71 bits per heavy atom. The highest BCUT2D eigenvalue weighted by molar-refractivity contribution is 5.55. The van der Waals surface area contributed by atoms with Crippen LogP contribution in [0, 0.1) is 0 Å². The number of carbonyl (C=O) groups excluding carboxylic acids is 1. The summed E-state index contributed by atoms with van der Waals surface area (Å²) < 4.78 is 11.2. The van der Waals surface area contributed by atoms with Gasteiger partial charge in [-0.25, -0.2) is 0 Å². The van der Waals surface area contributed by atoms with Crippen LogP contribution in [0.4, 0.5) is 0 Å². The molecule has 0 heterocycles. The van der Waals surface area contributed by atoms with E-state index in [0.29, 0.717) is 26.2 Å². The first-order chi connectivity index (χ1) is 10.4. The van der Waals surface area contributed by atoms with Crippen LogP contribution in [0.15, 0.2) is 54.6 Å². The minimum absolute atomic E-state index is 0.428. The molecule has 110 valence electrons. The quantitative estimate of drug-likeness (QED) is 0.523. The zero-order valence-electron chi connectivity index (χ0n) is 12.0. The summed E-state index contributed by atoms with van der Waals surface area (Å²) >= 11 is 0. The van der Waals surface area contributed by atoms with E-state index in [1.54, 1.807) is 0 Å². The molecule has 3 heteroatoms. The Morgan fingerprint density at radius 1 is 0.905 bits per heavy atom. The Kier molecular flexibility index (Phi) is 6.49. The molecule has 0 saturated carbocycles. The normalized spacial score (nSPS) is 10.3. The van der Waals surface area contributed by atoms with Gasteiger partial charge in [0.1, 0.15) is 12.0 Å². The highest BCUT2D eigenvalue weighted by Gasteiger charge is 1.97.